The molecule has 16 heavy (non-hydrogen) atoms. The monoisotopic (exact) mass is 238 g/mol. The predicted octanol–water partition coefficient (Wildman–Crippen LogP) is 3.43. The topological polar surface area (TPSA) is 24.9 Å². The Bertz CT molecular complexity index is 342. The lowest BCUT2D eigenvalue weighted by Crippen LogP contribution is -2.16. The van der Waals surface area contributed by atoms with Crippen molar-refractivity contribution in [2.24, 2.45) is 0 Å². The summed E-state index contributed by atoms with van der Waals surface area (Å²) in [6.07, 6.45) is 5.31. The molecule has 0 aromatic carbocycles. The Labute approximate surface area is 102 Å². The van der Waals surface area contributed by atoms with Crippen molar-refractivity contribution in [3.63, 3.8) is 0 Å². The second-order valence-corrected chi connectivity index (χ2v) is 5.85. The third-order valence-corrected chi connectivity index (χ3v) is 5.10. The maximum absolute atomic E-state index is 4.77. The molecule has 0 bridgehead atoms. The van der Waals surface area contributed by atoms with Crippen LogP contribution in [0.15, 0.2) is 0 Å². The fraction of sp³-hybridized carbons (Fsp3) is 0.769. The normalized spacial score (nSPS) is 18.4. The molecular formula is C13H22N2S. The van der Waals surface area contributed by atoms with Crippen LogP contribution in [-0.4, -0.2) is 18.6 Å². The molecular weight excluding hydrogens is 216 g/mol. The van der Waals surface area contributed by atoms with Crippen molar-refractivity contribution in [1.29, 1.82) is 0 Å². The minimum absolute atomic E-state index is 0.649. The summed E-state index contributed by atoms with van der Waals surface area (Å²) >= 11 is 1.96. The van der Waals surface area contributed by atoms with Crippen LogP contribution < -0.4 is 5.32 Å². The van der Waals surface area contributed by atoms with Crippen molar-refractivity contribution in [2.45, 2.75) is 51.4 Å². The maximum atomic E-state index is 4.77. The molecule has 1 N–H and O–H groups in total. The molecule has 1 fully saturated rings. The molecule has 2 nitrogen and oxygen atoms in total. The Morgan fingerprint density at radius 1 is 1.50 bits per heavy atom. The van der Waals surface area contributed by atoms with E-state index in [-0.39, 0.29) is 0 Å². The fourth-order valence-electron chi connectivity index (χ4n) is 2.31. The maximum Gasteiger partial charge on any atom is 0.0961 e. The highest BCUT2D eigenvalue weighted by Crippen LogP contribution is 2.41. The molecule has 2 rings (SSSR count). The predicted molar refractivity (Wildman–Crippen MR) is 70.4 cm³/mol. The molecule has 1 aliphatic carbocycles. The van der Waals surface area contributed by atoms with Crippen LogP contribution in [0, 0.1) is 6.92 Å². The molecule has 0 radical (unpaired) electrons. The van der Waals surface area contributed by atoms with Crippen LogP contribution in [0.2, 0.25) is 0 Å². The first kappa shape index (κ1) is 12.1. The van der Waals surface area contributed by atoms with Crippen molar-refractivity contribution < 1.29 is 0 Å². The number of likely N-dealkylation sites (N-methyl/N-ethyl adjacent to an activating group) is 1. The molecule has 1 saturated carbocycles. The Hall–Kier alpha value is -0.410. The van der Waals surface area contributed by atoms with Gasteiger partial charge in [-0.3, -0.25) is 0 Å². The highest BCUT2D eigenvalue weighted by atomic mass is 32.1. The second kappa shape index (κ2) is 5.28. The van der Waals surface area contributed by atoms with E-state index in [2.05, 4.69) is 19.2 Å². The molecule has 1 aromatic rings. The van der Waals surface area contributed by atoms with Gasteiger partial charge in [0.2, 0.25) is 0 Å². The molecule has 0 aliphatic heterocycles. The largest absolute Gasteiger partial charge is 0.319 e. The van der Waals surface area contributed by atoms with Gasteiger partial charge in [0.15, 0.2) is 0 Å². The fourth-order valence-corrected chi connectivity index (χ4v) is 3.73. The van der Waals surface area contributed by atoms with Crippen molar-refractivity contribution in [2.75, 3.05) is 13.6 Å². The molecule has 1 unspecified atom stereocenters. The van der Waals surface area contributed by atoms with Gasteiger partial charge in [-0.15, -0.1) is 11.3 Å². The minimum atomic E-state index is 0.649. The van der Waals surface area contributed by atoms with E-state index < -0.39 is 0 Å². The molecule has 1 atom stereocenters. The summed E-state index contributed by atoms with van der Waals surface area (Å²) < 4.78 is 0. The van der Waals surface area contributed by atoms with Gasteiger partial charge in [0, 0.05) is 23.3 Å². The van der Waals surface area contributed by atoms with Crippen molar-refractivity contribution >= 4 is 11.3 Å². The quantitative estimate of drug-likeness (QED) is 0.850. The summed E-state index contributed by atoms with van der Waals surface area (Å²) in [6.45, 7) is 5.51. The average Bonchev–Trinajstić information content (AvgIpc) is 2.54. The van der Waals surface area contributed by atoms with Crippen LogP contribution in [0.5, 0.6) is 0 Å². The minimum Gasteiger partial charge on any atom is -0.319 e. The SMILES string of the molecule is CCC(CNC)c1sc(C2CCC2)nc1C. The zero-order valence-corrected chi connectivity index (χ0v) is 11.4. The first-order valence-corrected chi connectivity index (χ1v) is 7.19. The number of nitrogens with zero attached hydrogens (tertiary/aromatic N) is 1. The van der Waals surface area contributed by atoms with Crippen LogP contribution in [-0.2, 0) is 0 Å². The third kappa shape index (κ3) is 2.30. The van der Waals surface area contributed by atoms with Gasteiger partial charge in [-0.05, 0) is 33.2 Å². The lowest BCUT2D eigenvalue weighted by atomic mass is 9.86. The average molecular weight is 238 g/mol. The van der Waals surface area contributed by atoms with E-state index in [1.165, 1.54) is 41.3 Å². The van der Waals surface area contributed by atoms with Gasteiger partial charge in [0.05, 0.1) is 10.7 Å². The van der Waals surface area contributed by atoms with Gasteiger partial charge in [-0.1, -0.05) is 13.3 Å². The molecule has 3 heteroatoms. The van der Waals surface area contributed by atoms with Crippen molar-refractivity contribution in [1.82, 2.24) is 10.3 Å². The zero-order chi connectivity index (χ0) is 11.5. The van der Waals surface area contributed by atoms with Crippen LogP contribution in [0.25, 0.3) is 0 Å². The lowest BCUT2D eigenvalue weighted by molar-refractivity contribution is 0.418. The lowest BCUT2D eigenvalue weighted by Gasteiger charge is -2.22. The van der Waals surface area contributed by atoms with Crippen molar-refractivity contribution in [3.05, 3.63) is 15.6 Å². The molecule has 0 amide bonds. The van der Waals surface area contributed by atoms with Gasteiger partial charge >= 0.3 is 0 Å². The van der Waals surface area contributed by atoms with E-state index in [0.29, 0.717) is 5.92 Å². The van der Waals surface area contributed by atoms with Gasteiger partial charge < -0.3 is 5.32 Å². The van der Waals surface area contributed by atoms with E-state index in [0.717, 1.165) is 12.5 Å². The molecule has 1 aliphatic rings. The number of aromatic nitrogens is 1. The molecule has 0 saturated heterocycles. The smallest absolute Gasteiger partial charge is 0.0961 e. The summed E-state index contributed by atoms with van der Waals surface area (Å²) in [5, 5.41) is 4.69. The van der Waals surface area contributed by atoms with Crippen molar-refractivity contribution in [3.8, 4) is 0 Å². The third-order valence-electron chi connectivity index (χ3n) is 3.62. The van der Waals surface area contributed by atoms with Gasteiger partial charge in [0.1, 0.15) is 0 Å². The van der Waals surface area contributed by atoms with E-state index >= 15 is 0 Å². The number of thiazole rings is 1. The van der Waals surface area contributed by atoms with Crippen LogP contribution in [0.3, 0.4) is 0 Å². The molecule has 1 heterocycles. The summed E-state index contributed by atoms with van der Waals surface area (Å²) in [4.78, 5) is 6.29. The molecule has 1 aromatic heterocycles. The zero-order valence-electron chi connectivity index (χ0n) is 10.5. The number of rotatable bonds is 5. The first-order chi connectivity index (χ1) is 7.76. The van der Waals surface area contributed by atoms with Crippen LogP contribution in [0.1, 0.15) is 60.0 Å². The highest BCUT2D eigenvalue weighted by molar-refractivity contribution is 7.12. The van der Waals surface area contributed by atoms with E-state index in [1.54, 1.807) is 0 Å². The Balaban J connectivity index is 2.15. The summed E-state index contributed by atoms with van der Waals surface area (Å²) in [6, 6.07) is 0. The number of hydrogen-bond acceptors (Lipinski definition) is 3. The molecule has 90 valence electrons. The van der Waals surface area contributed by atoms with E-state index in [9.17, 15) is 0 Å². The number of aryl methyl sites for hydroxylation is 1. The first-order valence-electron chi connectivity index (χ1n) is 6.38. The van der Waals surface area contributed by atoms with E-state index in [1.807, 2.05) is 18.4 Å². The van der Waals surface area contributed by atoms with Gasteiger partial charge in [-0.2, -0.15) is 0 Å². The number of hydrogen-bond donors (Lipinski definition) is 1. The Morgan fingerprint density at radius 2 is 2.25 bits per heavy atom. The Morgan fingerprint density at radius 3 is 2.75 bits per heavy atom. The molecule has 0 spiro atoms. The highest BCUT2D eigenvalue weighted by Gasteiger charge is 2.25. The van der Waals surface area contributed by atoms with Crippen LogP contribution >= 0.6 is 11.3 Å². The van der Waals surface area contributed by atoms with Gasteiger partial charge in [-0.25, -0.2) is 4.98 Å². The summed E-state index contributed by atoms with van der Waals surface area (Å²) in [7, 11) is 2.03. The Kier molecular flexibility index (Phi) is 3.98. The summed E-state index contributed by atoms with van der Waals surface area (Å²) in [5.41, 5.74) is 1.27. The summed E-state index contributed by atoms with van der Waals surface area (Å²) in [5.74, 6) is 1.43. The van der Waals surface area contributed by atoms with Gasteiger partial charge in [0.25, 0.3) is 0 Å². The van der Waals surface area contributed by atoms with Crippen LogP contribution in [0.4, 0.5) is 0 Å². The second-order valence-electron chi connectivity index (χ2n) is 4.79. The number of nitrogens with one attached hydrogen (secondary N) is 1. The van der Waals surface area contributed by atoms with E-state index in [4.69, 9.17) is 4.98 Å². The standard InChI is InChI=1S/C13H22N2S/c1-4-10(8-14-3)12-9(2)15-13(16-12)11-6-5-7-11/h10-11,14H,4-8H2,1-3H3.